The Morgan fingerprint density at radius 2 is 2.16 bits per heavy atom. The van der Waals surface area contributed by atoms with Crippen molar-refractivity contribution >= 4 is 11.8 Å². The molecule has 5 heteroatoms. The molecule has 19 heavy (non-hydrogen) atoms. The van der Waals surface area contributed by atoms with E-state index in [4.69, 9.17) is 4.74 Å². The number of nitrogens with zero attached hydrogens (tertiary/aromatic N) is 1. The van der Waals surface area contributed by atoms with Gasteiger partial charge in [-0.05, 0) is 30.4 Å². The average molecular weight is 280 g/mol. The highest BCUT2D eigenvalue weighted by Crippen LogP contribution is 2.27. The van der Waals surface area contributed by atoms with E-state index in [1.807, 2.05) is 0 Å². The van der Waals surface area contributed by atoms with Crippen molar-refractivity contribution in [2.45, 2.75) is 18.4 Å². The first kappa shape index (κ1) is 13.8. The fraction of sp³-hybridized carbons (Fsp3) is 0.214. The Hall–Kier alpha value is -1.62. The fourth-order valence-electron chi connectivity index (χ4n) is 1.36. The molecular weight excluding hydrogens is 268 g/mol. The Labute approximate surface area is 114 Å². The number of hydrogen-bond donors (Lipinski definition) is 0. The maximum Gasteiger partial charge on any atom is 0.201 e. The first-order valence-corrected chi connectivity index (χ1v) is 6.82. The number of benzene rings is 1. The third kappa shape index (κ3) is 3.67. The zero-order chi connectivity index (χ0) is 13.7. The minimum atomic E-state index is -1.00. The Balaban J connectivity index is 2.16. The van der Waals surface area contributed by atoms with Crippen molar-refractivity contribution in [2.24, 2.45) is 0 Å². The number of hydrogen-bond acceptors (Lipinski definition) is 3. The molecule has 0 saturated heterocycles. The van der Waals surface area contributed by atoms with Crippen LogP contribution in [0.1, 0.15) is 13.3 Å². The molecule has 1 radical (unpaired) electrons. The van der Waals surface area contributed by atoms with Gasteiger partial charge < -0.3 is 4.74 Å². The summed E-state index contributed by atoms with van der Waals surface area (Å²) in [6.07, 6.45) is 2.57. The van der Waals surface area contributed by atoms with Crippen LogP contribution in [0.2, 0.25) is 0 Å². The van der Waals surface area contributed by atoms with E-state index < -0.39 is 11.6 Å². The molecule has 2 rings (SSSR count). The van der Waals surface area contributed by atoms with Crippen LogP contribution in [0.3, 0.4) is 0 Å². The minimum Gasteiger partial charge on any atom is -0.453 e. The summed E-state index contributed by atoms with van der Waals surface area (Å²) in [4.78, 5) is 4.12. The molecule has 99 valence electrons. The van der Waals surface area contributed by atoms with Crippen LogP contribution in [0.4, 0.5) is 8.78 Å². The zero-order valence-corrected chi connectivity index (χ0v) is 11.1. The number of halogens is 2. The third-order valence-electron chi connectivity index (χ3n) is 2.23. The molecule has 0 aliphatic carbocycles. The van der Waals surface area contributed by atoms with Crippen LogP contribution >= 0.6 is 11.8 Å². The number of pyridine rings is 1. The Kier molecular flexibility index (Phi) is 4.74. The lowest BCUT2D eigenvalue weighted by atomic mass is 10.3. The molecule has 0 aliphatic heterocycles. The van der Waals surface area contributed by atoms with E-state index >= 15 is 0 Å². The molecule has 1 heterocycles. The van der Waals surface area contributed by atoms with E-state index in [-0.39, 0.29) is 5.75 Å². The van der Waals surface area contributed by atoms with Crippen molar-refractivity contribution in [1.82, 2.24) is 4.98 Å². The maximum atomic E-state index is 13.5. The van der Waals surface area contributed by atoms with Crippen LogP contribution < -0.4 is 4.74 Å². The van der Waals surface area contributed by atoms with Crippen LogP contribution in [-0.4, -0.2) is 10.7 Å². The van der Waals surface area contributed by atoms with Gasteiger partial charge in [-0.3, -0.25) is 0 Å². The highest BCUT2D eigenvalue weighted by molar-refractivity contribution is 7.99. The Morgan fingerprint density at radius 1 is 1.32 bits per heavy atom. The summed E-state index contributed by atoms with van der Waals surface area (Å²) in [5.41, 5.74) is 0. The van der Waals surface area contributed by atoms with Crippen molar-refractivity contribution < 1.29 is 13.5 Å². The Morgan fingerprint density at radius 3 is 2.95 bits per heavy atom. The van der Waals surface area contributed by atoms with E-state index in [0.717, 1.165) is 18.2 Å². The van der Waals surface area contributed by atoms with Gasteiger partial charge in [-0.15, -0.1) is 11.8 Å². The molecule has 0 saturated carbocycles. The number of rotatable bonds is 5. The summed E-state index contributed by atoms with van der Waals surface area (Å²) in [6.45, 7) is 2.06. The van der Waals surface area contributed by atoms with Crippen molar-refractivity contribution in [1.29, 1.82) is 0 Å². The SMILES string of the molecule is CCCSc1[c]c(Oc2cccc(F)c2F)ccn1. The molecule has 0 unspecified atom stereocenters. The predicted molar refractivity (Wildman–Crippen MR) is 70.5 cm³/mol. The van der Waals surface area contributed by atoms with Crippen LogP contribution in [0.5, 0.6) is 11.5 Å². The second-order valence-corrected chi connectivity index (χ2v) is 4.83. The molecular formula is C14H12F2NOS. The van der Waals surface area contributed by atoms with Crippen LogP contribution in [0.25, 0.3) is 0 Å². The van der Waals surface area contributed by atoms with Gasteiger partial charge in [0.15, 0.2) is 11.6 Å². The van der Waals surface area contributed by atoms with Crippen molar-refractivity contribution in [3.63, 3.8) is 0 Å². The van der Waals surface area contributed by atoms with Crippen molar-refractivity contribution in [3.05, 3.63) is 48.2 Å². The van der Waals surface area contributed by atoms with Gasteiger partial charge in [0.2, 0.25) is 5.82 Å². The molecule has 1 aromatic heterocycles. The number of thioether (sulfide) groups is 1. The van der Waals surface area contributed by atoms with Gasteiger partial charge >= 0.3 is 0 Å². The topological polar surface area (TPSA) is 22.1 Å². The summed E-state index contributed by atoms with van der Waals surface area (Å²) < 4.78 is 31.8. The van der Waals surface area contributed by atoms with Gasteiger partial charge in [0.05, 0.1) is 6.07 Å². The lowest BCUT2D eigenvalue weighted by Gasteiger charge is -2.07. The molecule has 0 bridgehead atoms. The molecule has 0 aliphatic rings. The monoisotopic (exact) mass is 280 g/mol. The highest BCUT2D eigenvalue weighted by atomic mass is 32.2. The van der Waals surface area contributed by atoms with E-state index in [1.165, 1.54) is 23.9 Å². The van der Waals surface area contributed by atoms with Crippen LogP contribution in [0, 0.1) is 17.7 Å². The van der Waals surface area contributed by atoms with Gasteiger partial charge in [-0.25, -0.2) is 9.37 Å². The maximum absolute atomic E-state index is 13.5. The molecule has 0 fully saturated rings. The summed E-state index contributed by atoms with van der Waals surface area (Å²) >= 11 is 1.54. The van der Waals surface area contributed by atoms with Gasteiger partial charge in [-0.2, -0.15) is 4.39 Å². The van der Waals surface area contributed by atoms with E-state index in [0.29, 0.717) is 10.8 Å². The predicted octanol–water partition coefficient (Wildman–Crippen LogP) is 4.45. The lowest BCUT2D eigenvalue weighted by Crippen LogP contribution is -1.92. The number of ether oxygens (including phenoxy) is 1. The van der Waals surface area contributed by atoms with E-state index in [1.54, 1.807) is 12.3 Å². The molecule has 0 amide bonds. The molecule has 0 atom stereocenters. The second kappa shape index (κ2) is 6.52. The van der Waals surface area contributed by atoms with E-state index in [2.05, 4.69) is 18.0 Å². The highest BCUT2D eigenvalue weighted by Gasteiger charge is 2.10. The van der Waals surface area contributed by atoms with Crippen molar-refractivity contribution in [2.75, 3.05) is 5.75 Å². The molecule has 1 aromatic carbocycles. The van der Waals surface area contributed by atoms with Crippen molar-refractivity contribution in [3.8, 4) is 11.5 Å². The number of aromatic nitrogens is 1. The summed E-state index contributed by atoms with van der Waals surface area (Å²) in [5.74, 6) is -0.865. The van der Waals surface area contributed by atoms with E-state index in [9.17, 15) is 8.78 Å². The summed E-state index contributed by atoms with van der Waals surface area (Å²) in [6, 6.07) is 8.27. The first-order chi connectivity index (χ1) is 9.20. The summed E-state index contributed by atoms with van der Waals surface area (Å²) in [5, 5.41) is 0.677. The van der Waals surface area contributed by atoms with Gasteiger partial charge in [0.1, 0.15) is 10.8 Å². The van der Waals surface area contributed by atoms with Gasteiger partial charge in [0, 0.05) is 6.20 Å². The smallest absolute Gasteiger partial charge is 0.201 e. The molecule has 0 spiro atoms. The average Bonchev–Trinajstić information content (AvgIpc) is 2.42. The Bertz CT molecular complexity index is 563. The standard InChI is InChI=1S/C14H12F2NOS/c1-2-8-19-13-9-10(6-7-17-13)18-12-5-3-4-11(15)14(12)16/h3-7H,2,8H2,1H3. The quantitative estimate of drug-likeness (QED) is 0.755. The normalized spacial score (nSPS) is 10.5. The van der Waals surface area contributed by atoms with Crippen LogP contribution in [0.15, 0.2) is 35.5 Å². The minimum absolute atomic E-state index is 0.158. The third-order valence-corrected chi connectivity index (χ3v) is 3.32. The molecule has 2 aromatic rings. The zero-order valence-electron chi connectivity index (χ0n) is 10.3. The summed E-state index contributed by atoms with van der Waals surface area (Å²) in [7, 11) is 0. The van der Waals surface area contributed by atoms with Gasteiger partial charge in [0.25, 0.3) is 0 Å². The van der Waals surface area contributed by atoms with Crippen LogP contribution in [-0.2, 0) is 0 Å². The largest absolute Gasteiger partial charge is 0.453 e. The first-order valence-electron chi connectivity index (χ1n) is 5.83. The lowest BCUT2D eigenvalue weighted by molar-refractivity contribution is 0.414. The molecule has 0 N–H and O–H groups in total. The van der Waals surface area contributed by atoms with Gasteiger partial charge in [-0.1, -0.05) is 13.0 Å². The fourth-order valence-corrected chi connectivity index (χ4v) is 2.07. The second-order valence-electron chi connectivity index (χ2n) is 3.74. The molecule has 2 nitrogen and oxygen atoms in total.